The van der Waals surface area contributed by atoms with Crippen LogP contribution < -0.4 is 5.32 Å². The van der Waals surface area contributed by atoms with E-state index in [1.165, 1.54) is 5.56 Å². The van der Waals surface area contributed by atoms with E-state index in [1.807, 2.05) is 18.2 Å². The Bertz CT molecular complexity index is 343. The molecule has 1 rings (SSSR count). The second-order valence-electron chi connectivity index (χ2n) is 4.59. The Labute approximate surface area is 109 Å². The summed E-state index contributed by atoms with van der Waals surface area (Å²) >= 11 is 6.14. The van der Waals surface area contributed by atoms with E-state index in [1.54, 1.807) is 7.11 Å². The van der Waals surface area contributed by atoms with Gasteiger partial charge in [-0.15, -0.1) is 0 Å². The molecule has 0 spiro atoms. The molecule has 17 heavy (non-hydrogen) atoms. The van der Waals surface area contributed by atoms with E-state index < -0.39 is 0 Å². The molecule has 2 nitrogen and oxygen atoms in total. The number of benzene rings is 1. The summed E-state index contributed by atoms with van der Waals surface area (Å²) in [6, 6.07) is 8.70. The van der Waals surface area contributed by atoms with Crippen molar-refractivity contribution in [3.8, 4) is 0 Å². The van der Waals surface area contributed by atoms with E-state index >= 15 is 0 Å². The minimum atomic E-state index is 0.212. The molecular weight excluding hydrogens is 234 g/mol. The summed E-state index contributed by atoms with van der Waals surface area (Å²) in [6.45, 7) is 6.37. The van der Waals surface area contributed by atoms with Crippen molar-refractivity contribution in [2.45, 2.75) is 45.4 Å². The van der Waals surface area contributed by atoms with Crippen LogP contribution in [0.2, 0.25) is 5.02 Å². The number of halogens is 1. The van der Waals surface area contributed by atoms with Gasteiger partial charge in [0.1, 0.15) is 0 Å². The smallest absolute Gasteiger partial charge is 0.0693 e. The van der Waals surface area contributed by atoms with Crippen LogP contribution in [0.15, 0.2) is 24.3 Å². The van der Waals surface area contributed by atoms with Gasteiger partial charge in [-0.1, -0.05) is 29.8 Å². The summed E-state index contributed by atoms with van der Waals surface area (Å²) in [5, 5.41) is 4.36. The van der Waals surface area contributed by atoms with Crippen LogP contribution in [0.4, 0.5) is 0 Å². The van der Waals surface area contributed by atoms with Gasteiger partial charge in [-0.2, -0.15) is 0 Å². The largest absolute Gasteiger partial charge is 0.380 e. The number of hydrogen-bond donors (Lipinski definition) is 1. The van der Waals surface area contributed by atoms with Gasteiger partial charge in [0.2, 0.25) is 0 Å². The van der Waals surface area contributed by atoms with Crippen molar-refractivity contribution >= 4 is 11.6 Å². The molecular formula is C14H22ClNO. The number of nitrogens with one attached hydrogen (secondary N) is 1. The second kappa shape index (κ2) is 7.00. The van der Waals surface area contributed by atoms with E-state index in [0.717, 1.165) is 11.4 Å². The summed E-state index contributed by atoms with van der Waals surface area (Å²) in [5.41, 5.74) is 1.19. The first-order valence-corrected chi connectivity index (χ1v) is 6.44. The van der Waals surface area contributed by atoms with Crippen LogP contribution in [0.25, 0.3) is 0 Å². The Morgan fingerprint density at radius 1 is 1.24 bits per heavy atom. The first-order chi connectivity index (χ1) is 8.04. The predicted molar refractivity (Wildman–Crippen MR) is 73.7 cm³/mol. The van der Waals surface area contributed by atoms with Gasteiger partial charge in [-0.05, 0) is 38.8 Å². The highest BCUT2D eigenvalue weighted by Gasteiger charge is 2.14. The molecule has 0 heterocycles. The fourth-order valence-electron chi connectivity index (χ4n) is 1.84. The van der Waals surface area contributed by atoms with Crippen LogP contribution in [0.5, 0.6) is 0 Å². The summed E-state index contributed by atoms with van der Waals surface area (Å²) in [5.74, 6) is 0. The van der Waals surface area contributed by atoms with E-state index in [4.69, 9.17) is 16.3 Å². The van der Waals surface area contributed by atoms with Crippen molar-refractivity contribution in [3.05, 3.63) is 34.9 Å². The Morgan fingerprint density at radius 3 is 2.47 bits per heavy atom. The molecule has 0 saturated heterocycles. The first kappa shape index (κ1) is 14.5. The molecule has 3 unspecified atom stereocenters. The van der Waals surface area contributed by atoms with E-state index in [2.05, 4.69) is 32.2 Å². The maximum atomic E-state index is 6.14. The quantitative estimate of drug-likeness (QED) is 0.842. The SMILES string of the molecule is COC(C)C(C)NC(C)Cc1ccccc1Cl. The van der Waals surface area contributed by atoms with Crippen molar-refractivity contribution in [2.24, 2.45) is 0 Å². The molecule has 0 saturated carbocycles. The zero-order valence-electron chi connectivity index (χ0n) is 11.0. The lowest BCUT2D eigenvalue weighted by Gasteiger charge is -2.24. The van der Waals surface area contributed by atoms with Crippen molar-refractivity contribution in [1.82, 2.24) is 5.32 Å². The van der Waals surface area contributed by atoms with Crippen molar-refractivity contribution in [2.75, 3.05) is 7.11 Å². The van der Waals surface area contributed by atoms with Gasteiger partial charge in [0, 0.05) is 24.2 Å². The van der Waals surface area contributed by atoms with Gasteiger partial charge in [0.25, 0.3) is 0 Å². The highest BCUT2D eigenvalue weighted by atomic mass is 35.5. The normalized spacial score (nSPS) is 16.5. The standard InChI is InChI=1S/C14H22ClNO/c1-10(16-11(2)12(3)17-4)9-13-7-5-6-8-14(13)15/h5-8,10-12,16H,9H2,1-4H3. The van der Waals surface area contributed by atoms with Crippen LogP contribution in [-0.4, -0.2) is 25.3 Å². The minimum Gasteiger partial charge on any atom is -0.380 e. The number of ether oxygens (including phenoxy) is 1. The molecule has 0 fully saturated rings. The predicted octanol–water partition coefficient (Wildman–Crippen LogP) is 3.28. The van der Waals surface area contributed by atoms with Gasteiger partial charge in [0.05, 0.1) is 6.10 Å². The monoisotopic (exact) mass is 255 g/mol. The lowest BCUT2D eigenvalue weighted by atomic mass is 10.1. The lowest BCUT2D eigenvalue weighted by Crippen LogP contribution is -2.42. The fraction of sp³-hybridized carbons (Fsp3) is 0.571. The van der Waals surface area contributed by atoms with Crippen LogP contribution in [0.1, 0.15) is 26.3 Å². The Balaban J connectivity index is 2.50. The number of rotatable bonds is 6. The van der Waals surface area contributed by atoms with Gasteiger partial charge in [0.15, 0.2) is 0 Å². The van der Waals surface area contributed by atoms with Gasteiger partial charge < -0.3 is 10.1 Å². The lowest BCUT2D eigenvalue weighted by molar-refractivity contribution is 0.0852. The molecule has 0 aliphatic carbocycles. The maximum absolute atomic E-state index is 6.14. The molecule has 0 aromatic heterocycles. The Morgan fingerprint density at radius 2 is 1.88 bits per heavy atom. The summed E-state index contributed by atoms with van der Waals surface area (Å²) in [4.78, 5) is 0. The van der Waals surface area contributed by atoms with E-state index in [9.17, 15) is 0 Å². The highest BCUT2D eigenvalue weighted by molar-refractivity contribution is 6.31. The topological polar surface area (TPSA) is 21.3 Å². The van der Waals surface area contributed by atoms with Crippen molar-refractivity contribution < 1.29 is 4.74 Å². The third-order valence-electron chi connectivity index (χ3n) is 3.11. The fourth-order valence-corrected chi connectivity index (χ4v) is 2.05. The van der Waals surface area contributed by atoms with E-state index in [0.29, 0.717) is 12.1 Å². The molecule has 1 N–H and O–H groups in total. The summed E-state index contributed by atoms with van der Waals surface area (Å²) < 4.78 is 5.30. The van der Waals surface area contributed by atoms with Crippen LogP contribution >= 0.6 is 11.6 Å². The Hall–Kier alpha value is -0.570. The van der Waals surface area contributed by atoms with Gasteiger partial charge in [-0.25, -0.2) is 0 Å². The molecule has 0 aliphatic rings. The highest BCUT2D eigenvalue weighted by Crippen LogP contribution is 2.16. The van der Waals surface area contributed by atoms with Crippen molar-refractivity contribution in [1.29, 1.82) is 0 Å². The third-order valence-corrected chi connectivity index (χ3v) is 3.48. The molecule has 3 atom stereocenters. The Kier molecular flexibility index (Phi) is 5.96. The molecule has 0 aliphatic heterocycles. The number of hydrogen-bond acceptors (Lipinski definition) is 2. The third kappa shape index (κ3) is 4.66. The van der Waals surface area contributed by atoms with Gasteiger partial charge >= 0.3 is 0 Å². The summed E-state index contributed by atoms with van der Waals surface area (Å²) in [7, 11) is 1.74. The molecule has 1 aromatic carbocycles. The molecule has 0 amide bonds. The second-order valence-corrected chi connectivity index (χ2v) is 5.00. The molecule has 1 aromatic rings. The molecule has 3 heteroatoms. The van der Waals surface area contributed by atoms with Crippen LogP contribution in [0.3, 0.4) is 0 Å². The number of methoxy groups -OCH3 is 1. The maximum Gasteiger partial charge on any atom is 0.0693 e. The molecule has 0 bridgehead atoms. The zero-order chi connectivity index (χ0) is 12.8. The minimum absolute atomic E-state index is 0.212. The van der Waals surface area contributed by atoms with Crippen molar-refractivity contribution in [3.63, 3.8) is 0 Å². The van der Waals surface area contributed by atoms with Gasteiger partial charge in [-0.3, -0.25) is 0 Å². The van der Waals surface area contributed by atoms with E-state index in [-0.39, 0.29) is 6.10 Å². The zero-order valence-corrected chi connectivity index (χ0v) is 11.8. The van der Waals surface area contributed by atoms with Crippen LogP contribution in [-0.2, 0) is 11.2 Å². The molecule has 0 radical (unpaired) electrons. The first-order valence-electron chi connectivity index (χ1n) is 6.06. The molecule has 96 valence electrons. The average molecular weight is 256 g/mol. The van der Waals surface area contributed by atoms with Crippen LogP contribution in [0, 0.1) is 0 Å². The summed E-state index contributed by atoms with van der Waals surface area (Å²) in [6.07, 6.45) is 1.14. The average Bonchev–Trinajstić information content (AvgIpc) is 2.31.